The normalized spacial score (nSPS) is 14.2. The van der Waals surface area contributed by atoms with E-state index in [-0.39, 0.29) is 0 Å². The van der Waals surface area contributed by atoms with Gasteiger partial charge in [0.25, 0.3) is 0 Å². The fraction of sp³-hybridized carbons (Fsp3) is 0.111. The zero-order valence-corrected chi connectivity index (χ0v) is 19.7. The molecule has 0 aliphatic carbocycles. The summed E-state index contributed by atoms with van der Waals surface area (Å²) in [6.07, 6.45) is 0. The van der Waals surface area contributed by atoms with Crippen molar-refractivity contribution in [2.75, 3.05) is 0 Å². The summed E-state index contributed by atoms with van der Waals surface area (Å²) in [4.78, 5) is 0. The van der Waals surface area contributed by atoms with Crippen LogP contribution in [-0.4, -0.2) is 0 Å². The molecule has 0 spiro atoms. The maximum absolute atomic E-state index is 5.84. The first-order valence-corrected chi connectivity index (χ1v) is 11.6. The Kier molecular flexibility index (Phi) is 3.80. The first-order valence-electron chi connectivity index (χ1n) is 7.81. The number of nitrogens with zero attached hydrogens (tertiary/aromatic N) is 2. The molecule has 4 N–H and O–H groups in total. The van der Waals surface area contributed by atoms with Crippen LogP contribution in [-0.2, 0) is 0 Å². The van der Waals surface area contributed by atoms with Crippen LogP contribution < -0.4 is 22.4 Å². The minimum atomic E-state index is 0.892. The van der Waals surface area contributed by atoms with E-state index in [9.17, 15) is 0 Å². The molecule has 4 nitrogen and oxygen atoms in total. The lowest BCUT2D eigenvalue weighted by molar-refractivity contribution is 1.17. The van der Waals surface area contributed by atoms with Crippen LogP contribution >= 0.6 is 67.9 Å². The van der Waals surface area contributed by atoms with E-state index in [2.05, 4.69) is 81.4 Å². The minimum absolute atomic E-state index is 0.892. The Morgan fingerprint density at radius 2 is 1.12 bits per heavy atom. The molecule has 8 heteroatoms. The largest absolute Gasteiger partial charge is 0.323 e. The van der Waals surface area contributed by atoms with Crippen LogP contribution in [0, 0.1) is 19.6 Å². The van der Waals surface area contributed by atoms with Gasteiger partial charge in [0.2, 0.25) is 0 Å². The number of halogens is 2. The van der Waals surface area contributed by atoms with E-state index in [1.807, 2.05) is 0 Å². The highest BCUT2D eigenvalue weighted by Crippen LogP contribution is 2.43. The van der Waals surface area contributed by atoms with Crippen LogP contribution in [0.1, 0.15) is 11.1 Å². The van der Waals surface area contributed by atoms with Crippen LogP contribution in [0.15, 0.2) is 22.3 Å². The average molecular weight is 602 g/mol. The number of thiophene rings is 2. The van der Waals surface area contributed by atoms with Gasteiger partial charge in [-0.25, -0.2) is 0 Å². The summed E-state index contributed by atoms with van der Waals surface area (Å²) in [6, 6.07) is 4.35. The van der Waals surface area contributed by atoms with Gasteiger partial charge in [0.15, 0.2) is 0 Å². The Morgan fingerprint density at radius 3 is 1.46 bits per heavy atom. The second-order valence-corrected chi connectivity index (χ2v) is 12.2. The minimum Gasteiger partial charge on any atom is -0.323 e. The van der Waals surface area contributed by atoms with Crippen molar-refractivity contribution >= 4 is 110 Å². The number of fused-ring (bicyclic) bond motifs is 6. The lowest BCUT2D eigenvalue weighted by Crippen LogP contribution is -2.07. The third kappa shape index (κ3) is 1.98. The van der Waals surface area contributed by atoms with Crippen molar-refractivity contribution in [3.63, 3.8) is 0 Å². The molecule has 2 heterocycles. The summed E-state index contributed by atoms with van der Waals surface area (Å²) in [5, 5.41) is 17.2. The smallest absolute Gasteiger partial charge is 0.0995 e. The van der Waals surface area contributed by atoms with E-state index in [4.69, 9.17) is 11.7 Å². The summed E-state index contributed by atoms with van der Waals surface area (Å²) in [7, 11) is 0. The fourth-order valence-corrected chi connectivity index (χ4v) is 8.08. The quantitative estimate of drug-likeness (QED) is 0.154. The van der Waals surface area contributed by atoms with Crippen LogP contribution in [0.2, 0.25) is 0 Å². The van der Waals surface area contributed by atoms with Crippen molar-refractivity contribution < 1.29 is 0 Å². The van der Waals surface area contributed by atoms with Crippen molar-refractivity contribution in [1.29, 1.82) is 0 Å². The summed E-state index contributed by atoms with van der Waals surface area (Å²) in [5.41, 5.74) is 2.42. The molecule has 0 amide bonds. The van der Waals surface area contributed by atoms with Gasteiger partial charge in [-0.15, -0.1) is 22.7 Å². The third-order valence-corrected chi connectivity index (χ3v) is 8.93. The van der Waals surface area contributed by atoms with Gasteiger partial charge >= 0.3 is 0 Å². The summed E-state index contributed by atoms with van der Waals surface area (Å²) in [5.74, 6) is 11.7. The van der Waals surface area contributed by atoms with Gasteiger partial charge in [0, 0.05) is 41.7 Å². The molecule has 130 valence electrons. The van der Waals surface area contributed by atoms with Crippen molar-refractivity contribution in [3.05, 3.63) is 39.7 Å². The Bertz CT molecular complexity index is 1380. The summed E-state index contributed by atoms with van der Waals surface area (Å²) >= 11 is 8.29. The summed E-state index contributed by atoms with van der Waals surface area (Å²) < 4.78 is 4.97. The van der Waals surface area contributed by atoms with Gasteiger partial charge in [0.05, 0.1) is 16.5 Å². The summed E-state index contributed by atoms with van der Waals surface area (Å²) in [6.45, 7) is 4.33. The average Bonchev–Trinajstić information content (AvgIpc) is 3.29. The molecule has 2 aromatic heterocycles. The molecule has 26 heavy (non-hydrogen) atoms. The topological polar surface area (TPSA) is 76.8 Å². The maximum atomic E-state index is 5.84. The monoisotopic (exact) mass is 602 g/mol. The van der Waals surface area contributed by atoms with E-state index >= 15 is 0 Å². The second kappa shape index (κ2) is 5.76. The Balaban J connectivity index is 2.24. The van der Waals surface area contributed by atoms with E-state index in [0.29, 0.717) is 0 Å². The van der Waals surface area contributed by atoms with Crippen molar-refractivity contribution in [2.45, 2.75) is 13.8 Å². The number of hydrogen-bond donors (Lipinski definition) is 2. The van der Waals surface area contributed by atoms with Gasteiger partial charge < -0.3 is 11.7 Å². The second-order valence-electron chi connectivity index (χ2n) is 6.29. The SMILES string of the molecule is Cc1c2c(=NN)c3cc(I)sc3c2c(C)c2c(=NN)c3cc(I)sc3c12. The fourth-order valence-electron chi connectivity index (χ4n) is 4.14. The zero-order valence-electron chi connectivity index (χ0n) is 13.8. The molecule has 0 aliphatic heterocycles. The van der Waals surface area contributed by atoms with Crippen molar-refractivity contribution in [2.24, 2.45) is 21.9 Å². The third-order valence-electron chi connectivity index (χ3n) is 5.10. The van der Waals surface area contributed by atoms with Crippen LogP contribution in [0.3, 0.4) is 0 Å². The highest BCUT2D eigenvalue weighted by molar-refractivity contribution is 14.1. The maximum Gasteiger partial charge on any atom is 0.0995 e. The highest BCUT2D eigenvalue weighted by Gasteiger charge is 2.23. The predicted molar refractivity (Wildman–Crippen MR) is 129 cm³/mol. The number of rotatable bonds is 0. The van der Waals surface area contributed by atoms with Crippen LogP contribution in [0.4, 0.5) is 0 Å². The molecule has 5 aromatic rings. The number of aryl methyl sites for hydroxylation is 2. The molecule has 0 unspecified atom stereocenters. The van der Waals surface area contributed by atoms with Gasteiger partial charge in [0.1, 0.15) is 0 Å². The van der Waals surface area contributed by atoms with E-state index < -0.39 is 0 Å². The number of hydrogen-bond acceptors (Lipinski definition) is 6. The number of benzene rings is 1. The molecule has 5 rings (SSSR count). The van der Waals surface area contributed by atoms with Gasteiger partial charge in [-0.3, -0.25) is 0 Å². The Morgan fingerprint density at radius 1 is 0.731 bits per heavy atom. The molecule has 3 aromatic carbocycles. The van der Waals surface area contributed by atoms with Gasteiger partial charge in [-0.1, -0.05) is 0 Å². The van der Waals surface area contributed by atoms with Gasteiger partial charge in [-0.05, 0) is 82.3 Å². The lowest BCUT2D eigenvalue weighted by Gasteiger charge is -2.06. The Labute approximate surface area is 183 Å². The predicted octanol–water partition coefficient (Wildman–Crippen LogP) is 4.67. The van der Waals surface area contributed by atoms with E-state index in [1.165, 1.54) is 37.1 Å². The molecule has 0 aliphatic rings. The van der Waals surface area contributed by atoms with Crippen LogP contribution in [0.5, 0.6) is 0 Å². The van der Waals surface area contributed by atoms with Crippen molar-refractivity contribution in [1.82, 2.24) is 0 Å². The molecular formula is C18H12I2N4S2. The van der Waals surface area contributed by atoms with E-state index in [1.54, 1.807) is 22.7 Å². The standard InChI is InChI=1S/C18H12I2N4S2/c1-5-11-14(18-7(15(11)23-21)3-10(20)26-18)6(2)12-13(5)17-8(16(12)24-22)4-9(19)25-17/h3-4H,21-22H2,1-2H3. The number of nitrogens with two attached hydrogens (primary N) is 2. The molecule has 0 radical (unpaired) electrons. The zero-order chi connectivity index (χ0) is 18.3. The molecule has 0 saturated heterocycles. The molecule has 0 fully saturated rings. The molecule has 0 bridgehead atoms. The highest BCUT2D eigenvalue weighted by atomic mass is 127. The van der Waals surface area contributed by atoms with Crippen LogP contribution in [0.25, 0.3) is 41.7 Å². The lowest BCUT2D eigenvalue weighted by atomic mass is 9.98. The van der Waals surface area contributed by atoms with E-state index in [0.717, 1.165) is 32.3 Å². The molecule has 0 atom stereocenters. The molecular weight excluding hydrogens is 590 g/mol. The first kappa shape index (κ1) is 17.1. The Hall–Kier alpha value is -0.980. The van der Waals surface area contributed by atoms with Crippen molar-refractivity contribution in [3.8, 4) is 0 Å². The molecule has 0 saturated carbocycles. The first-order chi connectivity index (χ1) is 12.5. The van der Waals surface area contributed by atoms with Gasteiger partial charge in [-0.2, -0.15) is 10.2 Å².